The van der Waals surface area contributed by atoms with E-state index in [1.807, 2.05) is 4.90 Å². The molecule has 1 aromatic rings. The minimum Gasteiger partial charge on any atom is -0.331 e. The van der Waals surface area contributed by atoms with Gasteiger partial charge in [0.15, 0.2) is 5.82 Å². The maximum Gasteiger partial charge on any atom is 0.317 e. The summed E-state index contributed by atoms with van der Waals surface area (Å²) < 4.78 is 2.15. The number of aromatic nitrogens is 3. The maximum atomic E-state index is 12.4. The number of fused-ring (bicyclic) bond motifs is 2. The summed E-state index contributed by atoms with van der Waals surface area (Å²) in [5, 5.41) is 11.4. The molecular formula is C16H25N5O. The van der Waals surface area contributed by atoms with Crippen molar-refractivity contribution in [2.24, 2.45) is 11.8 Å². The molecule has 3 aliphatic rings. The van der Waals surface area contributed by atoms with Crippen molar-refractivity contribution in [1.29, 1.82) is 0 Å². The fourth-order valence-electron chi connectivity index (χ4n) is 4.39. The van der Waals surface area contributed by atoms with Gasteiger partial charge in [0.2, 0.25) is 0 Å². The van der Waals surface area contributed by atoms with E-state index in [1.165, 1.54) is 32.1 Å². The third-order valence-electron chi connectivity index (χ3n) is 5.66. The zero-order valence-corrected chi connectivity index (χ0v) is 13.1. The number of amides is 2. The zero-order valence-electron chi connectivity index (χ0n) is 13.1. The Balaban J connectivity index is 1.32. The summed E-state index contributed by atoms with van der Waals surface area (Å²) in [6.07, 6.45) is 8.71. The van der Waals surface area contributed by atoms with Gasteiger partial charge in [-0.15, -0.1) is 10.2 Å². The van der Waals surface area contributed by atoms with Gasteiger partial charge in [-0.05, 0) is 31.1 Å². The first kappa shape index (κ1) is 14.0. The zero-order chi connectivity index (χ0) is 14.9. The molecule has 0 spiro atoms. The second-order valence-electron chi connectivity index (χ2n) is 6.99. The largest absolute Gasteiger partial charge is 0.331 e. The first-order valence-corrected chi connectivity index (χ1v) is 8.75. The van der Waals surface area contributed by atoms with Crippen LogP contribution < -0.4 is 5.32 Å². The molecule has 2 aliphatic heterocycles. The number of nitrogens with one attached hydrogen (secondary N) is 1. The van der Waals surface area contributed by atoms with Crippen LogP contribution in [0.2, 0.25) is 0 Å². The number of piperidine rings is 1. The van der Waals surface area contributed by atoms with Crippen LogP contribution in [0.5, 0.6) is 0 Å². The summed E-state index contributed by atoms with van der Waals surface area (Å²) >= 11 is 0. The number of carbonyl (C=O) groups is 1. The van der Waals surface area contributed by atoms with Gasteiger partial charge in [0, 0.05) is 26.1 Å². The Hall–Kier alpha value is -1.59. The van der Waals surface area contributed by atoms with E-state index in [2.05, 4.69) is 20.1 Å². The fourth-order valence-corrected chi connectivity index (χ4v) is 4.39. The first-order chi connectivity index (χ1) is 10.8. The number of carbonyl (C=O) groups excluding carboxylic acids is 1. The average Bonchev–Trinajstić information content (AvgIpc) is 3.16. The predicted octanol–water partition coefficient (Wildman–Crippen LogP) is 1.95. The van der Waals surface area contributed by atoms with Crippen LogP contribution in [0, 0.1) is 11.8 Å². The smallest absolute Gasteiger partial charge is 0.317 e. The summed E-state index contributed by atoms with van der Waals surface area (Å²) in [6, 6.07) is 0.0689. The Morgan fingerprint density at radius 2 is 1.95 bits per heavy atom. The van der Waals surface area contributed by atoms with E-state index >= 15 is 0 Å². The Labute approximate surface area is 131 Å². The number of hydrogen-bond donors (Lipinski definition) is 1. The van der Waals surface area contributed by atoms with Gasteiger partial charge in [-0.2, -0.15) is 0 Å². The molecule has 3 heterocycles. The lowest BCUT2D eigenvalue weighted by Gasteiger charge is -2.41. The van der Waals surface area contributed by atoms with Crippen molar-refractivity contribution in [3.8, 4) is 0 Å². The first-order valence-electron chi connectivity index (χ1n) is 8.75. The second kappa shape index (κ2) is 5.89. The Kier molecular flexibility index (Phi) is 3.76. The van der Waals surface area contributed by atoms with Crippen LogP contribution in [-0.2, 0) is 19.5 Å². The molecule has 1 saturated heterocycles. The van der Waals surface area contributed by atoms with Gasteiger partial charge in [0.1, 0.15) is 5.82 Å². The van der Waals surface area contributed by atoms with E-state index in [-0.39, 0.29) is 6.03 Å². The summed E-state index contributed by atoms with van der Waals surface area (Å²) in [4.78, 5) is 14.4. The van der Waals surface area contributed by atoms with Crippen LogP contribution in [-0.4, -0.2) is 38.8 Å². The van der Waals surface area contributed by atoms with Crippen LogP contribution in [0.1, 0.15) is 50.2 Å². The highest BCUT2D eigenvalue weighted by Gasteiger charge is 2.33. The molecule has 0 radical (unpaired) electrons. The highest BCUT2D eigenvalue weighted by Crippen LogP contribution is 2.35. The third kappa shape index (κ3) is 2.59. The molecule has 1 aliphatic carbocycles. The van der Waals surface area contributed by atoms with E-state index in [0.717, 1.165) is 56.0 Å². The lowest BCUT2D eigenvalue weighted by Crippen LogP contribution is -2.48. The van der Waals surface area contributed by atoms with E-state index in [9.17, 15) is 4.79 Å². The van der Waals surface area contributed by atoms with Crippen molar-refractivity contribution in [3.05, 3.63) is 11.6 Å². The molecule has 6 nitrogen and oxygen atoms in total. The van der Waals surface area contributed by atoms with E-state index < -0.39 is 0 Å². The summed E-state index contributed by atoms with van der Waals surface area (Å²) in [5.74, 6) is 3.55. The molecule has 4 rings (SSSR count). The number of nitrogens with zero attached hydrogens (tertiary/aromatic N) is 4. The van der Waals surface area contributed by atoms with Crippen molar-refractivity contribution >= 4 is 6.03 Å². The molecule has 2 amide bonds. The van der Waals surface area contributed by atoms with Gasteiger partial charge in [-0.25, -0.2) is 4.79 Å². The lowest BCUT2D eigenvalue weighted by molar-refractivity contribution is 0.102. The number of aryl methyl sites for hydroxylation is 1. The van der Waals surface area contributed by atoms with Gasteiger partial charge in [0.25, 0.3) is 0 Å². The minimum atomic E-state index is 0.0689. The molecule has 120 valence electrons. The Morgan fingerprint density at radius 3 is 2.86 bits per heavy atom. The van der Waals surface area contributed by atoms with Crippen LogP contribution in [0.15, 0.2) is 0 Å². The van der Waals surface area contributed by atoms with Crippen molar-refractivity contribution < 1.29 is 4.79 Å². The van der Waals surface area contributed by atoms with E-state index in [1.54, 1.807) is 0 Å². The summed E-state index contributed by atoms with van der Waals surface area (Å²) in [5.41, 5.74) is 0. The molecule has 2 fully saturated rings. The van der Waals surface area contributed by atoms with Gasteiger partial charge in [-0.1, -0.05) is 19.3 Å². The highest BCUT2D eigenvalue weighted by atomic mass is 16.2. The molecule has 1 N–H and O–H groups in total. The monoisotopic (exact) mass is 303 g/mol. The maximum absolute atomic E-state index is 12.4. The van der Waals surface area contributed by atoms with Crippen LogP contribution in [0.25, 0.3) is 0 Å². The van der Waals surface area contributed by atoms with Crippen molar-refractivity contribution in [2.45, 2.75) is 58.0 Å². The second-order valence-corrected chi connectivity index (χ2v) is 6.99. The highest BCUT2D eigenvalue weighted by molar-refractivity contribution is 5.74. The summed E-state index contributed by atoms with van der Waals surface area (Å²) in [6.45, 7) is 3.33. The molecular weight excluding hydrogens is 278 g/mol. The molecule has 2 atom stereocenters. The quantitative estimate of drug-likeness (QED) is 0.908. The number of urea groups is 1. The fraction of sp³-hybridized carbons (Fsp3) is 0.812. The predicted molar refractivity (Wildman–Crippen MR) is 82.2 cm³/mol. The number of likely N-dealkylation sites (tertiary alicyclic amines) is 1. The average molecular weight is 303 g/mol. The van der Waals surface area contributed by atoms with Crippen molar-refractivity contribution in [2.75, 3.05) is 13.1 Å². The SMILES string of the molecule is O=C(NCc1nnc2n1CCC2)N1CCC2CCCCC2C1. The van der Waals surface area contributed by atoms with Gasteiger partial charge in [0.05, 0.1) is 6.54 Å². The number of rotatable bonds is 2. The molecule has 0 aromatic carbocycles. The third-order valence-corrected chi connectivity index (χ3v) is 5.66. The standard InChI is InChI=1S/C16H25N5O/c22-16(17-10-15-19-18-14-6-3-8-21(14)15)20-9-7-12-4-1-2-5-13(12)11-20/h12-13H,1-11H2,(H,17,22). The summed E-state index contributed by atoms with van der Waals surface area (Å²) in [7, 11) is 0. The molecule has 1 saturated carbocycles. The van der Waals surface area contributed by atoms with E-state index in [4.69, 9.17) is 0 Å². The van der Waals surface area contributed by atoms with Gasteiger partial charge in [-0.3, -0.25) is 0 Å². The lowest BCUT2D eigenvalue weighted by atomic mass is 9.75. The topological polar surface area (TPSA) is 63.1 Å². The van der Waals surface area contributed by atoms with Crippen molar-refractivity contribution in [3.63, 3.8) is 0 Å². The molecule has 22 heavy (non-hydrogen) atoms. The minimum absolute atomic E-state index is 0.0689. The molecule has 2 unspecified atom stereocenters. The Bertz CT molecular complexity index is 555. The van der Waals surface area contributed by atoms with Crippen LogP contribution >= 0.6 is 0 Å². The Morgan fingerprint density at radius 1 is 1.09 bits per heavy atom. The van der Waals surface area contributed by atoms with Crippen LogP contribution in [0.3, 0.4) is 0 Å². The van der Waals surface area contributed by atoms with Crippen molar-refractivity contribution in [1.82, 2.24) is 25.0 Å². The number of hydrogen-bond acceptors (Lipinski definition) is 3. The molecule has 1 aromatic heterocycles. The molecule has 0 bridgehead atoms. The van der Waals surface area contributed by atoms with Crippen LogP contribution in [0.4, 0.5) is 4.79 Å². The normalized spacial score (nSPS) is 27.4. The van der Waals surface area contributed by atoms with E-state index in [0.29, 0.717) is 6.54 Å². The van der Waals surface area contributed by atoms with Gasteiger partial charge >= 0.3 is 6.03 Å². The molecule has 6 heteroatoms. The van der Waals surface area contributed by atoms with Gasteiger partial charge < -0.3 is 14.8 Å².